The topological polar surface area (TPSA) is 102 Å². The lowest BCUT2D eigenvalue weighted by molar-refractivity contribution is 0.0533. The molecule has 0 radical (unpaired) electrons. The lowest BCUT2D eigenvalue weighted by Gasteiger charge is -2.38. The van der Waals surface area contributed by atoms with E-state index in [9.17, 15) is 14.4 Å². The second-order valence-electron chi connectivity index (χ2n) is 5.64. The predicted octanol–water partition coefficient (Wildman–Crippen LogP) is -0.612. The van der Waals surface area contributed by atoms with Gasteiger partial charge in [0.1, 0.15) is 5.65 Å². The molecule has 1 aliphatic heterocycles. The number of hydrogen-bond acceptors (Lipinski definition) is 5. The Kier molecular flexibility index (Phi) is 3.53. The number of piperazine rings is 1. The van der Waals surface area contributed by atoms with Crippen LogP contribution in [0.3, 0.4) is 0 Å². The first-order valence-corrected chi connectivity index (χ1v) is 7.07. The fourth-order valence-corrected chi connectivity index (χ4v) is 2.77. The molecule has 8 nitrogen and oxygen atoms in total. The number of nitrogens with one attached hydrogen (secondary N) is 2. The Morgan fingerprint density at radius 2 is 2.09 bits per heavy atom. The number of carbonyl (C=O) groups is 1. The number of aromatic amines is 2. The second kappa shape index (κ2) is 5.38. The number of carbonyl (C=O) groups excluding carboxylic acids is 1. The molecule has 2 N–H and O–H groups in total. The zero-order valence-electron chi connectivity index (χ0n) is 12.4. The molecule has 0 bridgehead atoms. The monoisotopic (exact) mass is 303 g/mol. The Bertz CT molecular complexity index is 840. The third-order valence-electron chi connectivity index (χ3n) is 3.93. The molecule has 1 saturated heterocycles. The average Bonchev–Trinajstić information content (AvgIpc) is 2.46. The number of likely N-dealkylation sites (N-methyl/N-ethyl adjacent to an activating group) is 1. The first-order valence-electron chi connectivity index (χ1n) is 7.07. The van der Waals surface area contributed by atoms with Gasteiger partial charge in [-0.1, -0.05) is 0 Å². The summed E-state index contributed by atoms with van der Waals surface area (Å²) in [6.07, 6.45) is 1.39. The highest BCUT2D eigenvalue weighted by molar-refractivity contribution is 5.96. The van der Waals surface area contributed by atoms with Crippen LogP contribution in [0.5, 0.6) is 0 Å². The maximum atomic E-state index is 12.6. The van der Waals surface area contributed by atoms with Gasteiger partial charge >= 0.3 is 5.69 Å². The van der Waals surface area contributed by atoms with Gasteiger partial charge in [-0.3, -0.25) is 19.6 Å². The van der Waals surface area contributed by atoms with Crippen molar-refractivity contribution in [1.82, 2.24) is 24.8 Å². The summed E-state index contributed by atoms with van der Waals surface area (Å²) < 4.78 is 0. The van der Waals surface area contributed by atoms with Crippen LogP contribution in [0, 0.1) is 0 Å². The summed E-state index contributed by atoms with van der Waals surface area (Å²) in [6, 6.07) is 1.57. The maximum Gasteiger partial charge on any atom is 0.327 e. The van der Waals surface area contributed by atoms with Crippen molar-refractivity contribution in [1.29, 1.82) is 0 Å². The van der Waals surface area contributed by atoms with E-state index in [-0.39, 0.29) is 23.0 Å². The molecule has 3 rings (SSSR count). The highest BCUT2D eigenvalue weighted by atomic mass is 16.2. The summed E-state index contributed by atoms with van der Waals surface area (Å²) in [7, 11) is 2.02. The standard InChI is InChI=1S/C14H17N5O3/c1-8-7-18(2)3-4-19(8)13(21)9-5-10-11(15-6-9)16-14(22)17-12(10)20/h5-6,8H,3-4,7H2,1-2H3,(H2,15,16,17,20,22)/t8-/m1/s1. The van der Waals surface area contributed by atoms with Crippen molar-refractivity contribution in [3.8, 4) is 0 Å². The highest BCUT2D eigenvalue weighted by Gasteiger charge is 2.27. The third kappa shape index (κ3) is 2.52. The minimum absolute atomic E-state index is 0.0933. The number of pyridine rings is 1. The number of rotatable bonds is 1. The second-order valence-corrected chi connectivity index (χ2v) is 5.64. The van der Waals surface area contributed by atoms with Crippen molar-refractivity contribution in [3.05, 3.63) is 38.7 Å². The minimum Gasteiger partial charge on any atom is -0.333 e. The van der Waals surface area contributed by atoms with Crippen LogP contribution in [-0.2, 0) is 0 Å². The Morgan fingerprint density at radius 3 is 2.82 bits per heavy atom. The van der Waals surface area contributed by atoms with Crippen LogP contribution in [0.2, 0.25) is 0 Å². The highest BCUT2D eigenvalue weighted by Crippen LogP contribution is 2.14. The largest absolute Gasteiger partial charge is 0.333 e. The molecule has 8 heteroatoms. The summed E-state index contributed by atoms with van der Waals surface area (Å²) in [4.78, 5) is 48.2. The van der Waals surface area contributed by atoms with E-state index in [1.807, 2.05) is 14.0 Å². The molecule has 3 heterocycles. The smallest absolute Gasteiger partial charge is 0.327 e. The van der Waals surface area contributed by atoms with Gasteiger partial charge in [0.15, 0.2) is 0 Å². The minimum atomic E-state index is -0.614. The number of amides is 1. The van der Waals surface area contributed by atoms with E-state index in [1.54, 1.807) is 4.90 Å². The normalized spacial score (nSPS) is 19.5. The van der Waals surface area contributed by atoms with E-state index in [0.29, 0.717) is 12.1 Å². The van der Waals surface area contributed by atoms with E-state index in [1.165, 1.54) is 12.3 Å². The molecule has 1 aliphatic rings. The number of H-pyrrole nitrogens is 2. The van der Waals surface area contributed by atoms with E-state index in [0.717, 1.165) is 13.1 Å². The van der Waals surface area contributed by atoms with Crippen LogP contribution in [0.25, 0.3) is 11.0 Å². The van der Waals surface area contributed by atoms with E-state index in [4.69, 9.17) is 0 Å². The van der Waals surface area contributed by atoms with Crippen LogP contribution in [0.1, 0.15) is 17.3 Å². The zero-order valence-corrected chi connectivity index (χ0v) is 12.4. The molecule has 0 aromatic carbocycles. The lowest BCUT2D eigenvalue weighted by atomic mass is 10.1. The van der Waals surface area contributed by atoms with Crippen molar-refractivity contribution < 1.29 is 4.79 Å². The molecule has 116 valence electrons. The number of fused-ring (bicyclic) bond motifs is 1. The number of hydrogen-bond donors (Lipinski definition) is 2. The molecule has 0 saturated carbocycles. The average molecular weight is 303 g/mol. The van der Waals surface area contributed by atoms with E-state index in [2.05, 4.69) is 19.9 Å². The van der Waals surface area contributed by atoms with Crippen molar-refractivity contribution in [3.63, 3.8) is 0 Å². The summed E-state index contributed by atoms with van der Waals surface area (Å²) >= 11 is 0. The third-order valence-corrected chi connectivity index (χ3v) is 3.93. The van der Waals surface area contributed by atoms with Crippen LogP contribution in [0.4, 0.5) is 0 Å². The first kappa shape index (κ1) is 14.5. The predicted molar refractivity (Wildman–Crippen MR) is 81.0 cm³/mol. The number of aromatic nitrogens is 3. The first-order chi connectivity index (χ1) is 10.5. The van der Waals surface area contributed by atoms with Gasteiger partial charge in [-0.2, -0.15) is 0 Å². The van der Waals surface area contributed by atoms with Gasteiger partial charge in [-0.15, -0.1) is 0 Å². The molecule has 2 aromatic rings. The van der Waals surface area contributed by atoms with Gasteiger partial charge < -0.3 is 9.80 Å². The van der Waals surface area contributed by atoms with Crippen LogP contribution < -0.4 is 11.2 Å². The molecular formula is C14H17N5O3. The van der Waals surface area contributed by atoms with Crippen LogP contribution in [-0.4, -0.2) is 63.4 Å². The van der Waals surface area contributed by atoms with E-state index >= 15 is 0 Å². The lowest BCUT2D eigenvalue weighted by Crippen LogP contribution is -2.52. The van der Waals surface area contributed by atoms with Crippen molar-refractivity contribution in [2.75, 3.05) is 26.7 Å². The Labute approximate surface area is 125 Å². The summed E-state index contributed by atoms with van der Waals surface area (Å²) in [5.41, 5.74) is -0.637. The summed E-state index contributed by atoms with van der Waals surface area (Å²) in [6.45, 7) is 4.24. The van der Waals surface area contributed by atoms with E-state index < -0.39 is 11.2 Å². The van der Waals surface area contributed by atoms with Crippen molar-refractivity contribution in [2.45, 2.75) is 13.0 Å². The fraction of sp³-hybridized carbons (Fsp3) is 0.429. The molecule has 0 unspecified atom stereocenters. The molecule has 0 spiro atoms. The molecule has 1 atom stereocenters. The zero-order chi connectivity index (χ0) is 15.9. The Hall–Kier alpha value is -2.48. The molecule has 1 amide bonds. The van der Waals surface area contributed by atoms with Gasteiger partial charge in [0.05, 0.1) is 10.9 Å². The van der Waals surface area contributed by atoms with Crippen LogP contribution >= 0.6 is 0 Å². The van der Waals surface area contributed by atoms with Gasteiger partial charge in [-0.25, -0.2) is 9.78 Å². The Balaban J connectivity index is 1.98. The number of nitrogens with zero attached hydrogens (tertiary/aromatic N) is 3. The maximum absolute atomic E-state index is 12.6. The molecule has 22 heavy (non-hydrogen) atoms. The molecule has 0 aliphatic carbocycles. The quantitative estimate of drug-likeness (QED) is 0.731. The Morgan fingerprint density at radius 1 is 1.32 bits per heavy atom. The SMILES string of the molecule is C[C@@H]1CN(C)CCN1C(=O)c1cnc2[nH]c(=O)[nH]c(=O)c2c1. The molecule has 2 aromatic heterocycles. The molecule has 1 fully saturated rings. The van der Waals surface area contributed by atoms with Gasteiger partial charge in [0.2, 0.25) is 0 Å². The summed E-state index contributed by atoms with van der Waals surface area (Å²) in [5.74, 6) is -0.152. The fourth-order valence-electron chi connectivity index (χ4n) is 2.77. The van der Waals surface area contributed by atoms with Gasteiger partial charge in [0.25, 0.3) is 11.5 Å². The van der Waals surface area contributed by atoms with Gasteiger partial charge in [-0.05, 0) is 20.0 Å². The van der Waals surface area contributed by atoms with Gasteiger partial charge in [0, 0.05) is 31.9 Å². The summed E-state index contributed by atoms with van der Waals surface area (Å²) in [5, 5.41) is 0.201. The molecular weight excluding hydrogens is 286 g/mol. The van der Waals surface area contributed by atoms with Crippen LogP contribution in [0.15, 0.2) is 21.9 Å². The van der Waals surface area contributed by atoms with Crippen molar-refractivity contribution in [2.24, 2.45) is 0 Å². The van der Waals surface area contributed by atoms with Crippen molar-refractivity contribution >= 4 is 16.9 Å².